The highest BCUT2D eigenvalue weighted by molar-refractivity contribution is 5.99. The summed E-state index contributed by atoms with van der Waals surface area (Å²) in [6.45, 7) is 1.49. The maximum atomic E-state index is 13.7. The Bertz CT molecular complexity index is 558. The van der Waals surface area contributed by atoms with E-state index in [4.69, 9.17) is 0 Å². The third kappa shape index (κ3) is 2.50. The van der Waals surface area contributed by atoms with E-state index in [1.807, 2.05) is 0 Å². The van der Waals surface area contributed by atoms with Crippen LogP contribution in [0.25, 0.3) is 0 Å². The fraction of sp³-hybridized carbons (Fsp3) is 0.588. The summed E-state index contributed by atoms with van der Waals surface area (Å²) in [6, 6.07) is 3.41. The number of fused-ring (bicyclic) bond motifs is 2. The molecule has 2 unspecified atom stereocenters. The summed E-state index contributed by atoms with van der Waals surface area (Å²) in [5, 5.41) is 0. The number of carbonyl (C=O) groups excluding carboxylic acids is 1. The van der Waals surface area contributed by atoms with Crippen molar-refractivity contribution in [3.05, 3.63) is 34.9 Å². The van der Waals surface area contributed by atoms with E-state index in [9.17, 15) is 13.6 Å². The minimum absolute atomic E-state index is 0.0172. The largest absolute Gasteiger partial charge is 0.300 e. The topological polar surface area (TPSA) is 20.3 Å². The van der Waals surface area contributed by atoms with Crippen molar-refractivity contribution in [3.8, 4) is 0 Å². The lowest BCUT2D eigenvalue weighted by Gasteiger charge is -2.46. The van der Waals surface area contributed by atoms with Gasteiger partial charge in [-0.2, -0.15) is 0 Å². The summed E-state index contributed by atoms with van der Waals surface area (Å²) in [5.74, 6) is -1.85. The molecule has 2 fully saturated rings. The zero-order chi connectivity index (χ0) is 15.1. The van der Waals surface area contributed by atoms with E-state index in [2.05, 4.69) is 11.9 Å². The van der Waals surface area contributed by atoms with Gasteiger partial charge in [0.05, 0.1) is 0 Å². The average molecular weight is 293 g/mol. The van der Waals surface area contributed by atoms with Gasteiger partial charge in [-0.1, -0.05) is 6.42 Å². The van der Waals surface area contributed by atoms with Gasteiger partial charge in [-0.3, -0.25) is 4.79 Å². The third-order valence-electron chi connectivity index (χ3n) is 5.32. The summed E-state index contributed by atoms with van der Waals surface area (Å²) < 4.78 is 26.9. The van der Waals surface area contributed by atoms with Gasteiger partial charge < -0.3 is 4.90 Å². The molecule has 2 atom stereocenters. The van der Waals surface area contributed by atoms with Gasteiger partial charge in [0.1, 0.15) is 0 Å². The van der Waals surface area contributed by atoms with Crippen LogP contribution in [-0.4, -0.2) is 29.8 Å². The maximum Gasteiger partial charge on any atom is 0.166 e. The Labute approximate surface area is 124 Å². The van der Waals surface area contributed by atoms with Crippen LogP contribution >= 0.6 is 0 Å². The minimum Gasteiger partial charge on any atom is -0.300 e. The van der Waals surface area contributed by atoms with Crippen molar-refractivity contribution in [3.63, 3.8) is 0 Å². The molecule has 0 amide bonds. The first-order valence-corrected chi connectivity index (χ1v) is 7.69. The van der Waals surface area contributed by atoms with Crippen LogP contribution in [0.15, 0.2) is 12.1 Å². The molecule has 0 aromatic heterocycles. The van der Waals surface area contributed by atoms with Crippen LogP contribution in [0.4, 0.5) is 8.78 Å². The van der Waals surface area contributed by atoms with Crippen molar-refractivity contribution in [2.45, 2.75) is 51.1 Å². The van der Waals surface area contributed by atoms with Crippen LogP contribution in [-0.2, 0) is 0 Å². The van der Waals surface area contributed by atoms with Gasteiger partial charge in [-0.05, 0) is 57.4 Å². The quantitative estimate of drug-likeness (QED) is 0.775. The lowest BCUT2D eigenvalue weighted by Crippen LogP contribution is -2.51. The number of hydrogen-bond donors (Lipinski definition) is 0. The summed E-state index contributed by atoms with van der Waals surface area (Å²) in [5.41, 5.74) is 0.491. The van der Waals surface area contributed by atoms with E-state index in [1.165, 1.54) is 19.4 Å². The molecule has 0 aliphatic carbocycles. The highest BCUT2D eigenvalue weighted by atomic mass is 19.2. The molecule has 4 heteroatoms. The molecule has 0 radical (unpaired) electrons. The molecule has 2 heterocycles. The number of carbonyl (C=O) groups is 1. The van der Waals surface area contributed by atoms with Crippen LogP contribution in [0, 0.1) is 24.5 Å². The molecular formula is C17H21F2NO. The van der Waals surface area contributed by atoms with E-state index >= 15 is 0 Å². The fourth-order valence-corrected chi connectivity index (χ4v) is 3.97. The molecule has 2 saturated heterocycles. The summed E-state index contributed by atoms with van der Waals surface area (Å²) in [6.07, 6.45) is 5.17. The van der Waals surface area contributed by atoms with Gasteiger partial charge in [0.25, 0.3) is 0 Å². The first-order chi connectivity index (χ1) is 9.99. The second kappa shape index (κ2) is 5.48. The first-order valence-electron chi connectivity index (χ1n) is 7.69. The van der Waals surface area contributed by atoms with Gasteiger partial charge >= 0.3 is 0 Å². The van der Waals surface area contributed by atoms with Crippen molar-refractivity contribution in [2.24, 2.45) is 5.92 Å². The number of ketones is 1. The molecule has 114 valence electrons. The van der Waals surface area contributed by atoms with E-state index in [-0.39, 0.29) is 17.3 Å². The first kappa shape index (κ1) is 14.6. The zero-order valence-electron chi connectivity index (χ0n) is 12.5. The Balaban J connectivity index is 1.85. The lowest BCUT2D eigenvalue weighted by molar-refractivity contribution is 0.0338. The van der Waals surface area contributed by atoms with Crippen LogP contribution in [0.1, 0.15) is 48.0 Å². The predicted octanol–water partition coefficient (Wildman–Crippen LogP) is 3.72. The Hall–Kier alpha value is -1.29. The van der Waals surface area contributed by atoms with Crippen LogP contribution in [0.2, 0.25) is 0 Å². The van der Waals surface area contributed by atoms with E-state index in [0.29, 0.717) is 17.6 Å². The normalized spacial score (nSPS) is 29.4. The molecule has 1 aromatic carbocycles. The maximum absolute atomic E-state index is 13.7. The Morgan fingerprint density at radius 2 is 1.81 bits per heavy atom. The number of benzene rings is 1. The average Bonchev–Trinajstić information content (AvgIpc) is 2.44. The monoisotopic (exact) mass is 293 g/mol. The molecule has 2 bridgehead atoms. The van der Waals surface area contributed by atoms with E-state index in [0.717, 1.165) is 31.7 Å². The van der Waals surface area contributed by atoms with Crippen molar-refractivity contribution in [1.82, 2.24) is 4.90 Å². The highest BCUT2D eigenvalue weighted by Crippen LogP contribution is 2.37. The van der Waals surface area contributed by atoms with Gasteiger partial charge in [0, 0.05) is 23.6 Å². The predicted molar refractivity (Wildman–Crippen MR) is 77.3 cm³/mol. The lowest BCUT2D eigenvalue weighted by atomic mass is 9.75. The number of halogens is 2. The number of nitrogens with zero attached hydrogens (tertiary/aromatic N) is 1. The minimum atomic E-state index is -0.894. The summed E-state index contributed by atoms with van der Waals surface area (Å²) >= 11 is 0. The van der Waals surface area contributed by atoms with Crippen LogP contribution in [0.5, 0.6) is 0 Å². The van der Waals surface area contributed by atoms with Crippen molar-refractivity contribution in [2.75, 3.05) is 7.05 Å². The zero-order valence-corrected chi connectivity index (χ0v) is 12.5. The molecule has 1 aromatic rings. The number of Topliss-reactive ketones (excluding diaryl/α,β-unsaturated/α-hetero) is 1. The van der Waals surface area contributed by atoms with Crippen molar-refractivity contribution >= 4 is 5.78 Å². The molecule has 21 heavy (non-hydrogen) atoms. The second-order valence-electron chi connectivity index (χ2n) is 6.47. The molecule has 2 aliphatic rings. The molecule has 2 nitrogen and oxygen atoms in total. The fourth-order valence-electron chi connectivity index (χ4n) is 3.97. The molecule has 0 saturated carbocycles. The number of hydrogen-bond acceptors (Lipinski definition) is 2. The summed E-state index contributed by atoms with van der Waals surface area (Å²) in [7, 11) is 2.14. The van der Waals surface area contributed by atoms with Crippen molar-refractivity contribution in [1.29, 1.82) is 0 Å². The van der Waals surface area contributed by atoms with Gasteiger partial charge in [-0.15, -0.1) is 0 Å². The third-order valence-corrected chi connectivity index (χ3v) is 5.32. The number of piperidine rings is 2. The van der Waals surface area contributed by atoms with Gasteiger partial charge in [0.15, 0.2) is 17.4 Å². The second-order valence-corrected chi connectivity index (χ2v) is 6.47. The van der Waals surface area contributed by atoms with Crippen molar-refractivity contribution < 1.29 is 13.6 Å². The summed E-state index contributed by atoms with van der Waals surface area (Å²) in [4.78, 5) is 15.1. The molecule has 2 aliphatic heterocycles. The van der Waals surface area contributed by atoms with Gasteiger partial charge in [-0.25, -0.2) is 8.78 Å². The molecular weight excluding hydrogens is 272 g/mol. The number of rotatable bonds is 2. The SMILES string of the molecule is Cc1c(C(=O)C2CC3CCCC(C2)N3C)ccc(F)c1F. The Morgan fingerprint density at radius 3 is 2.43 bits per heavy atom. The standard InChI is InChI=1S/C17H21F2NO/c1-10-14(6-7-15(18)16(10)19)17(21)11-8-12-4-3-5-13(9-11)20(12)2/h6-7,11-13H,3-5,8-9H2,1-2H3. The smallest absolute Gasteiger partial charge is 0.166 e. The van der Waals surface area contributed by atoms with Crippen LogP contribution < -0.4 is 0 Å². The van der Waals surface area contributed by atoms with Crippen LogP contribution in [0.3, 0.4) is 0 Å². The Kier molecular flexibility index (Phi) is 3.82. The van der Waals surface area contributed by atoms with E-state index < -0.39 is 11.6 Å². The molecule has 0 spiro atoms. The Morgan fingerprint density at radius 1 is 1.19 bits per heavy atom. The molecule has 0 N–H and O–H groups in total. The van der Waals surface area contributed by atoms with Gasteiger partial charge in [0.2, 0.25) is 0 Å². The molecule has 3 rings (SSSR count). The highest BCUT2D eigenvalue weighted by Gasteiger charge is 2.39. The van der Waals surface area contributed by atoms with E-state index in [1.54, 1.807) is 0 Å².